The zero-order valence-corrected chi connectivity index (χ0v) is 13.0. The molecule has 5 heteroatoms. The maximum absolute atomic E-state index is 12.3. The van der Waals surface area contributed by atoms with Crippen LogP contribution in [0.1, 0.15) is 44.1 Å². The molecule has 1 heterocycles. The molecule has 0 spiro atoms. The molecule has 21 heavy (non-hydrogen) atoms. The number of hydrogen-bond acceptors (Lipinski definition) is 4. The second-order valence-electron chi connectivity index (χ2n) is 6.47. The molecular weight excluding hydrogens is 286 g/mol. The summed E-state index contributed by atoms with van der Waals surface area (Å²) in [5, 5.41) is 11.5. The fourth-order valence-corrected chi connectivity index (χ4v) is 5.81. The Kier molecular flexibility index (Phi) is 3.62. The van der Waals surface area contributed by atoms with Crippen molar-refractivity contribution < 1.29 is 13.5 Å². The molecule has 1 unspecified atom stereocenters. The van der Waals surface area contributed by atoms with E-state index in [4.69, 9.17) is 5.73 Å². The van der Waals surface area contributed by atoms with E-state index in [9.17, 15) is 13.5 Å². The smallest absolute Gasteiger partial charge is 0.178 e. The molecule has 116 valence electrons. The van der Waals surface area contributed by atoms with Gasteiger partial charge in [0.2, 0.25) is 0 Å². The summed E-state index contributed by atoms with van der Waals surface area (Å²) >= 11 is 0. The molecule has 1 saturated carbocycles. The Balaban J connectivity index is 2.17. The van der Waals surface area contributed by atoms with Crippen LogP contribution in [0, 0.1) is 5.41 Å². The van der Waals surface area contributed by atoms with E-state index in [0.29, 0.717) is 12.1 Å². The van der Waals surface area contributed by atoms with Gasteiger partial charge in [-0.05, 0) is 25.3 Å². The van der Waals surface area contributed by atoms with Gasteiger partial charge in [0.1, 0.15) is 0 Å². The summed E-state index contributed by atoms with van der Waals surface area (Å²) in [4.78, 5) is 0.289. The topological polar surface area (TPSA) is 80.4 Å². The van der Waals surface area contributed by atoms with Crippen LogP contribution in [0.4, 0.5) is 0 Å². The number of sulfone groups is 1. The average Bonchev–Trinajstić information content (AvgIpc) is 2.52. The summed E-state index contributed by atoms with van der Waals surface area (Å²) in [5.74, 6) is 0.00225. The van der Waals surface area contributed by atoms with Crippen LogP contribution >= 0.6 is 0 Å². The van der Waals surface area contributed by atoms with Gasteiger partial charge in [0.05, 0.1) is 16.2 Å². The molecule has 0 amide bonds. The van der Waals surface area contributed by atoms with E-state index < -0.39 is 20.9 Å². The van der Waals surface area contributed by atoms with Gasteiger partial charge in [0, 0.05) is 17.5 Å². The first-order valence-corrected chi connectivity index (χ1v) is 9.35. The van der Waals surface area contributed by atoms with E-state index in [-0.39, 0.29) is 17.1 Å². The molecule has 0 saturated heterocycles. The van der Waals surface area contributed by atoms with Crippen molar-refractivity contribution >= 4 is 9.84 Å². The molecule has 2 aliphatic rings. The number of fused-ring (bicyclic) bond motifs is 1. The largest absolute Gasteiger partial charge is 0.384 e. The Hall–Kier alpha value is -0.910. The first kappa shape index (κ1) is 15.0. The third-order valence-corrected chi connectivity index (χ3v) is 7.25. The summed E-state index contributed by atoms with van der Waals surface area (Å²) in [5.41, 5.74) is 5.12. The first-order valence-electron chi connectivity index (χ1n) is 7.70. The van der Waals surface area contributed by atoms with Crippen molar-refractivity contribution in [3.8, 4) is 0 Å². The van der Waals surface area contributed by atoms with Gasteiger partial charge in [-0.3, -0.25) is 0 Å². The minimum atomic E-state index is -3.29. The number of rotatable bonds is 2. The Labute approximate surface area is 126 Å². The van der Waals surface area contributed by atoms with Crippen LogP contribution in [0.5, 0.6) is 0 Å². The van der Waals surface area contributed by atoms with Crippen LogP contribution in [0.2, 0.25) is 0 Å². The highest BCUT2D eigenvalue weighted by atomic mass is 32.2. The summed E-state index contributed by atoms with van der Waals surface area (Å²) in [6, 6.07) is 6.90. The number of aliphatic hydroxyl groups is 1. The minimum absolute atomic E-state index is 0.00225. The number of benzene rings is 1. The van der Waals surface area contributed by atoms with Gasteiger partial charge in [-0.1, -0.05) is 37.5 Å². The Morgan fingerprint density at radius 3 is 2.43 bits per heavy atom. The Morgan fingerprint density at radius 1 is 1.10 bits per heavy atom. The lowest BCUT2D eigenvalue weighted by atomic mass is 9.60. The molecule has 0 bridgehead atoms. The van der Waals surface area contributed by atoms with Gasteiger partial charge in [-0.2, -0.15) is 0 Å². The van der Waals surface area contributed by atoms with E-state index in [1.165, 1.54) is 0 Å². The Morgan fingerprint density at radius 2 is 1.76 bits per heavy atom. The lowest BCUT2D eigenvalue weighted by Gasteiger charge is -2.51. The van der Waals surface area contributed by atoms with Crippen molar-refractivity contribution in [3.63, 3.8) is 0 Å². The van der Waals surface area contributed by atoms with Crippen molar-refractivity contribution in [2.75, 3.05) is 12.3 Å². The van der Waals surface area contributed by atoms with Gasteiger partial charge in [0.15, 0.2) is 9.84 Å². The van der Waals surface area contributed by atoms with E-state index in [1.807, 2.05) is 0 Å². The van der Waals surface area contributed by atoms with Crippen LogP contribution in [-0.2, 0) is 15.4 Å². The maximum atomic E-state index is 12.3. The standard InChI is InChI=1S/C16H23NO3S/c17-12-15(8-4-1-5-9-15)16(18)10-11-21(19,20)14-7-3-2-6-13(14)16/h2-3,6-7,18H,1,4-5,8-12,17H2. The highest BCUT2D eigenvalue weighted by Gasteiger charge is 2.54. The number of hydrogen-bond donors (Lipinski definition) is 2. The van der Waals surface area contributed by atoms with Crippen LogP contribution < -0.4 is 5.73 Å². The zero-order chi connectivity index (χ0) is 15.1. The first-order chi connectivity index (χ1) is 9.95. The van der Waals surface area contributed by atoms with Gasteiger partial charge >= 0.3 is 0 Å². The van der Waals surface area contributed by atoms with Gasteiger partial charge in [-0.25, -0.2) is 8.42 Å². The van der Waals surface area contributed by atoms with Crippen molar-refractivity contribution in [1.82, 2.24) is 0 Å². The van der Waals surface area contributed by atoms with E-state index in [1.54, 1.807) is 24.3 Å². The molecule has 0 radical (unpaired) electrons. The maximum Gasteiger partial charge on any atom is 0.178 e. The molecular formula is C16H23NO3S. The van der Waals surface area contributed by atoms with Crippen LogP contribution in [0.15, 0.2) is 29.2 Å². The third-order valence-electron chi connectivity index (χ3n) is 5.48. The normalized spacial score (nSPS) is 30.6. The average molecular weight is 309 g/mol. The molecule has 0 aromatic heterocycles. The minimum Gasteiger partial charge on any atom is -0.384 e. The Bertz CT molecular complexity index is 635. The highest BCUT2D eigenvalue weighted by Crippen LogP contribution is 2.54. The van der Waals surface area contributed by atoms with Gasteiger partial charge < -0.3 is 10.8 Å². The van der Waals surface area contributed by atoms with Crippen LogP contribution in [0.25, 0.3) is 0 Å². The fraction of sp³-hybridized carbons (Fsp3) is 0.625. The molecule has 4 nitrogen and oxygen atoms in total. The van der Waals surface area contributed by atoms with Gasteiger partial charge in [0.25, 0.3) is 0 Å². The lowest BCUT2D eigenvalue weighted by molar-refractivity contribution is -0.112. The molecule has 3 N–H and O–H groups in total. The summed E-state index contributed by atoms with van der Waals surface area (Å²) in [6.07, 6.45) is 5.26. The van der Waals surface area contributed by atoms with E-state index in [2.05, 4.69) is 0 Å². The predicted molar refractivity (Wildman–Crippen MR) is 81.6 cm³/mol. The third kappa shape index (κ3) is 2.14. The van der Waals surface area contributed by atoms with Crippen molar-refractivity contribution in [2.24, 2.45) is 11.1 Å². The van der Waals surface area contributed by atoms with Gasteiger partial charge in [-0.15, -0.1) is 0 Å². The summed E-state index contributed by atoms with van der Waals surface area (Å²) < 4.78 is 24.6. The van der Waals surface area contributed by atoms with Crippen molar-refractivity contribution in [1.29, 1.82) is 0 Å². The highest BCUT2D eigenvalue weighted by molar-refractivity contribution is 7.91. The molecule has 3 rings (SSSR count). The van der Waals surface area contributed by atoms with E-state index in [0.717, 1.165) is 32.1 Å². The molecule has 1 fully saturated rings. The quantitative estimate of drug-likeness (QED) is 0.875. The molecule has 1 aliphatic carbocycles. The SMILES string of the molecule is NCC1(C2(O)CCS(=O)(=O)c3ccccc32)CCCCC1. The van der Waals surface area contributed by atoms with Crippen molar-refractivity contribution in [3.05, 3.63) is 29.8 Å². The molecule has 1 atom stereocenters. The summed E-state index contributed by atoms with van der Waals surface area (Å²) in [6.45, 7) is 0.401. The summed E-state index contributed by atoms with van der Waals surface area (Å²) in [7, 11) is -3.29. The van der Waals surface area contributed by atoms with Crippen molar-refractivity contribution in [2.45, 2.75) is 49.0 Å². The predicted octanol–water partition coefficient (Wildman–Crippen LogP) is 1.96. The number of nitrogens with two attached hydrogens (primary N) is 1. The molecule has 1 aromatic rings. The second kappa shape index (κ2) is 5.07. The lowest BCUT2D eigenvalue weighted by Crippen LogP contribution is -2.54. The molecule has 1 aromatic carbocycles. The monoisotopic (exact) mass is 309 g/mol. The van der Waals surface area contributed by atoms with E-state index >= 15 is 0 Å². The van der Waals surface area contributed by atoms with Crippen LogP contribution in [-0.4, -0.2) is 25.8 Å². The fourth-order valence-electron chi connectivity index (χ4n) is 4.17. The molecule has 1 aliphatic heterocycles. The van der Waals surface area contributed by atoms with Crippen LogP contribution in [0.3, 0.4) is 0 Å². The zero-order valence-electron chi connectivity index (χ0n) is 12.2. The second-order valence-corrected chi connectivity index (χ2v) is 8.55.